The van der Waals surface area contributed by atoms with E-state index in [9.17, 15) is 0 Å². The lowest BCUT2D eigenvalue weighted by Gasteiger charge is -2.19. The molecule has 0 radical (unpaired) electrons. The van der Waals surface area contributed by atoms with Crippen LogP contribution >= 0.6 is 31.9 Å². The molecule has 1 aromatic rings. The zero-order valence-corrected chi connectivity index (χ0v) is 11.5. The number of aromatic nitrogens is 2. The molecule has 0 bridgehead atoms. The molecule has 0 spiro atoms. The van der Waals surface area contributed by atoms with Crippen molar-refractivity contribution in [3.05, 3.63) is 16.9 Å². The number of alkyl halides is 1. The summed E-state index contributed by atoms with van der Waals surface area (Å²) in [6.45, 7) is 2.10. The van der Waals surface area contributed by atoms with Crippen molar-refractivity contribution in [3.8, 4) is 0 Å². The maximum absolute atomic E-state index is 4.32. The van der Waals surface area contributed by atoms with Gasteiger partial charge in [-0.25, -0.2) is 9.97 Å². The Morgan fingerprint density at radius 1 is 1.20 bits per heavy atom. The summed E-state index contributed by atoms with van der Waals surface area (Å²) in [4.78, 5) is 11.6. The molecule has 1 atom stereocenters. The molecule has 1 unspecified atom stereocenters. The van der Waals surface area contributed by atoms with Crippen molar-refractivity contribution in [2.45, 2.75) is 24.1 Å². The van der Waals surface area contributed by atoms with Crippen LogP contribution in [0.1, 0.15) is 19.3 Å². The Morgan fingerprint density at radius 3 is 2.67 bits per heavy atom. The lowest BCUT2D eigenvalue weighted by Crippen LogP contribution is -2.26. The summed E-state index contributed by atoms with van der Waals surface area (Å²) in [6.07, 6.45) is 7.22. The average Bonchev–Trinajstić information content (AvgIpc) is 2.44. The van der Waals surface area contributed by atoms with Crippen LogP contribution in [0.2, 0.25) is 0 Å². The SMILES string of the molecule is Brc1cnc(N2CCCC(Br)CC2)nc1. The predicted octanol–water partition coefficient (Wildman–Crippen LogP) is 2.99. The Balaban J connectivity index is 2.06. The summed E-state index contributed by atoms with van der Waals surface area (Å²) in [5.74, 6) is 0.847. The van der Waals surface area contributed by atoms with Gasteiger partial charge in [0.15, 0.2) is 0 Å². The first-order chi connectivity index (χ1) is 7.25. The highest BCUT2D eigenvalue weighted by Crippen LogP contribution is 2.20. The van der Waals surface area contributed by atoms with Crippen molar-refractivity contribution in [2.75, 3.05) is 18.0 Å². The van der Waals surface area contributed by atoms with Crippen molar-refractivity contribution in [2.24, 2.45) is 0 Å². The predicted molar refractivity (Wildman–Crippen MR) is 68.5 cm³/mol. The number of hydrogen-bond acceptors (Lipinski definition) is 3. The molecule has 82 valence electrons. The normalized spacial score (nSPS) is 22.5. The summed E-state index contributed by atoms with van der Waals surface area (Å²) in [5.41, 5.74) is 0. The summed E-state index contributed by atoms with van der Waals surface area (Å²) < 4.78 is 0.930. The second-order valence-electron chi connectivity index (χ2n) is 3.72. The third-order valence-electron chi connectivity index (χ3n) is 2.55. The molecule has 1 saturated heterocycles. The summed E-state index contributed by atoms with van der Waals surface area (Å²) in [5, 5.41) is 0. The van der Waals surface area contributed by atoms with Crippen LogP contribution in [0.15, 0.2) is 16.9 Å². The van der Waals surface area contributed by atoms with E-state index in [-0.39, 0.29) is 0 Å². The Labute approximate surface area is 107 Å². The quantitative estimate of drug-likeness (QED) is 0.739. The molecule has 0 aliphatic carbocycles. The molecule has 0 N–H and O–H groups in total. The molecule has 1 aliphatic heterocycles. The van der Waals surface area contributed by atoms with Crippen LogP contribution in [0.4, 0.5) is 5.95 Å². The minimum Gasteiger partial charge on any atom is -0.341 e. The van der Waals surface area contributed by atoms with Crippen molar-refractivity contribution in [1.82, 2.24) is 9.97 Å². The molecular weight excluding hydrogens is 322 g/mol. The van der Waals surface area contributed by atoms with Crippen LogP contribution in [0.5, 0.6) is 0 Å². The van der Waals surface area contributed by atoms with Gasteiger partial charge in [0.05, 0.1) is 4.47 Å². The van der Waals surface area contributed by atoms with Gasteiger partial charge in [0, 0.05) is 30.3 Å². The van der Waals surface area contributed by atoms with E-state index in [2.05, 4.69) is 46.7 Å². The van der Waals surface area contributed by atoms with Crippen molar-refractivity contribution < 1.29 is 0 Å². The molecule has 2 heterocycles. The molecule has 15 heavy (non-hydrogen) atoms. The fourth-order valence-corrected chi connectivity index (χ4v) is 2.46. The third-order valence-corrected chi connectivity index (χ3v) is 3.87. The first-order valence-electron chi connectivity index (χ1n) is 5.12. The van der Waals surface area contributed by atoms with Gasteiger partial charge in [-0.3, -0.25) is 0 Å². The Kier molecular flexibility index (Phi) is 3.97. The number of anilines is 1. The molecule has 0 amide bonds. The van der Waals surface area contributed by atoms with Gasteiger partial charge in [-0.05, 0) is 35.2 Å². The van der Waals surface area contributed by atoms with Crippen LogP contribution in [-0.2, 0) is 0 Å². The van der Waals surface area contributed by atoms with E-state index < -0.39 is 0 Å². The maximum Gasteiger partial charge on any atom is 0.225 e. The largest absolute Gasteiger partial charge is 0.341 e. The average molecular weight is 335 g/mol. The Morgan fingerprint density at radius 2 is 1.93 bits per heavy atom. The number of halogens is 2. The Hall–Kier alpha value is -0.160. The second kappa shape index (κ2) is 5.25. The van der Waals surface area contributed by atoms with Gasteiger partial charge in [0.25, 0.3) is 0 Å². The van der Waals surface area contributed by atoms with Crippen LogP contribution < -0.4 is 4.90 Å². The topological polar surface area (TPSA) is 29.0 Å². The molecule has 3 nitrogen and oxygen atoms in total. The highest BCUT2D eigenvalue weighted by Gasteiger charge is 2.16. The summed E-state index contributed by atoms with van der Waals surface area (Å²) in [6, 6.07) is 0. The Bertz CT molecular complexity index is 315. The zero-order chi connectivity index (χ0) is 10.7. The molecule has 1 aromatic heterocycles. The van der Waals surface area contributed by atoms with Crippen molar-refractivity contribution in [3.63, 3.8) is 0 Å². The molecule has 1 aliphatic rings. The first-order valence-corrected chi connectivity index (χ1v) is 6.83. The van der Waals surface area contributed by atoms with E-state index >= 15 is 0 Å². The van der Waals surface area contributed by atoms with E-state index in [1.165, 1.54) is 19.3 Å². The van der Waals surface area contributed by atoms with E-state index in [0.29, 0.717) is 4.83 Å². The summed E-state index contributed by atoms with van der Waals surface area (Å²) >= 11 is 7.02. The standard InChI is InChI=1S/C10H13Br2N3/c11-8-2-1-4-15(5-3-8)10-13-6-9(12)7-14-10/h6-8H,1-5H2. The van der Waals surface area contributed by atoms with E-state index in [0.717, 1.165) is 23.5 Å². The lowest BCUT2D eigenvalue weighted by atomic mass is 10.2. The highest BCUT2D eigenvalue weighted by molar-refractivity contribution is 9.10. The molecule has 0 aromatic carbocycles. The fraction of sp³-hybridized carbons (Fsp3) is 0.600. The number of hydrogen-bond donors (Lipinski definition) is 0. The monoisotopic (exact) mass is 333 g/mol. The van der Waals surface area contributed by atoms with Gasteiger partial charge >= 0.3 is 0 Å². The lowest BCUT2D eigenvalue weighted by molar-refractivity contribution is 0.752. The maximum atomic E-state index is 4.32. The van der Waals surface area contributed by atoms with Gasteiger partial charge in [-0.15, -0.1) is 0 Å². The number of nitrogens with zero attached hydrogens (tertiary/aromatic N) is 3. The minimum atomic E-state index is 0.651. The molecule has 2 rings (SSSR count). The van der Waals surface area contributed by atoms with Crippen LogP contribution in [0, 0.1) is 0 Å². The number of rotatable bonds is 1. The minimum absolute atomic E-state index is 0.651. The zero-order valence-electron chi connectivity index (χ0n) is 8.37. The van der Waals surface area contributed by atoms with Crippen LogP contribution in [0.25, 0.3) is 0 Å². The van der Waals surface area contributed by atoms with E-state index in [4.69, 9.17) is 0 Å². The molecule has 5 heteroatoms. The molecular formula is C10H13Br2N3. The second-order valence-corrected chi connectivity index (χ2v) is 5.93. The van der Waals surface area contributed by atoms with Gasteiger partial charge < -0.3 is 4.90 Å². The van der Waals surface area contributed by atoms with Crippen LogP contribution in [0.3, 0.4) is 0 Å². The van der Waals surface area contributed by atoms with Gasteiger partial charge in [-0.2, -0.15) is 0 Å². The van der Waals surface area contributed by atoms with Crippen LogP contribution in [-0.4, -0.2) is 27.9 Å². The first kappa shape index (κ1) is 11.3. The third kappa shape index (κ3) is 3.14. The molecule has 1 fully saturated rings. The highest BCUT2D eigenvalue weighted by atomic mass is 79.9. The van der Waals surface area contributed by atoms with Crippen molar-refractivity contribution in [1.29, 1.82) is 0 Å². The van der Waals surface area contributed by atoms with Gasteiger partial charge in [-0.1, -0.05) is 15.9 Å². The van der Waals surface area contributed by atoms with Gasteiger partial charge in [0.1, 0.15) is 0 Å². The fourth-order valence-electron chi connectivity index (χ4n) is 1.72. The van der Waals surface area contributed by atoms with E-state index in [1.54, 1.807) is 12.4 Å². The van der Waals surface area contributed by atoms with Crippen molar-refractivity contribution >= 4 is 37.8 Å². The molecule has 0 saturated carbocycles. The van der Waals surface area contributed by atoms with Gasteiger partial charge in [0.2, 0.25) is 5.95 Å². The smallest absolute Gasteiger partial charge is 0.225 e. The van der Waals surface area contributed by atoms with E-state index in [1.807, 2.05) is 0 Å². The summed E-state index contributed by atoms with van der Waals surface area (Å²) in [7, 11) is 0.